The van der Waals surface area contributed by atoms with Gasteiger partial charge in [0.15, 0.2) is 0 Å². The lowest BCUT2D eigenvalue weighted by Gasteiger charge is -2.34. The molecule has 20 heavy (non-hydrogen) atoms. The smallest absolute Gasteiger partial charge is 0.121 e. The molecule has 0 amide bonds. The van der Waals surface area contributed by atoms with Gasteiger partial charge < -0.3 is 10.4 Å². The maximum atomic E-state index is 10.0. The number of benzene rings is 1. The van der Waals surface area contributed by atoms with Crippen molar-refractivity contribution < 1.29 is 5.11 Å². The van der Waals surface area contributed by atoms with Crippen LogP contribution in [0.1, 0.15) is 18.0 Å². The van der Waals surface area contributed by atoms with Crippen molar-refractivity contribution in [2.75, 3.05) is 26.2 Å². The maximum Gasteiger partial charge on any atom is 0.121 e. The van der Waals surface area contributed by atoms with Crippen molar-refractivity contribution in [2.45, 2.75) is 12.5 Å². The molecule has 0 saturated carbocycles. The van der Waals surface area contributed by atoms with Crippen molar-refractivity contribution in [1.82, 2.24) is 10.2 Å². The molecule has 1 atom stereocenters. The van der Waals surface area contributed by atoms with E-state index in [9.17, 15) is 5.11 Å². The van der Waals surface area contributed by atoms with Crippen LogP contribution in [0.2, 0.25) is 0 Å². The molecule has 0 bridgehead atoms. The van der Waals surface area contributed by atoms with Crippen LogP contribution in [0.4, 0.5) is 0 Å². The number of aromatic hydroxyl groups is 1. The quantitative estimate of drug-likeness (QED) is 0.843. The van der Waals surface area contributed by atoms with Crippen molar-refractivity contribution in [3.05, 3.63) is 28.2 Å². The molecule has 1 heterocycles. The zero-order valence-corrected chi connectivity index (χ0v) is 14.1. The Balaban J connectivity index is 0.00000180. The van der Waals surface area contributed by atoms with E-state index in [1.54, 1.807) is 6.07 Å². The fraction of sp³-hybridized carbons (Fsp3) is 0.462. The van der Waals surface area contributed by atoms with Gasteiger partial charge in [0.1, 0.15) is 5.75 Å². The van der Waals surface area contributed by atoms with Crippen LogP contribution in [-0.4, -0.2) is 36.2 Å². The van der Waals surface area contributed by atoms with Gasteiger partial charge in [-0.1, -0.05) is 22.0 Å². The van der Waals surface area contributed by atoms with Gasteiger partial charge in [-0.25, -0.2) is 0 Å². The largest absolute Gasteiger partial charge is 0.508 e. The molecule has 1 aromatic rings. The minimum atomic E-state index is -0.0230. The number of hydrogen-bond donors (Lipinski definition) is 2. The van der Waals surface area contributed by atoms with Gasteiger partial charge in [0, 0.05) is 36.2 Å². The van der Waals surface area contributed by atoms with E-state index in [0.717, 1.165) is 36.2 Å². The van der Waals surface area contributed by atoms with Gasteiger partial charge in [-0.15, -0.1) is 24.8 Å². The summed E-state index contributed by atoms with van der Waals surface area (Å²) < 4.78 is 0.847. The van der Waals surface area contributed by atoms with Gasteiger partial charge >= 0.3 is 0 Å². The Morgan fingerprint density at radius 2 is 2.00 bits per heavy atom. The first-order valence-corrected chi connectivity index (χ1v) is 6.82. The topological polar surface area (TPSA) is 59.3 Å². The summed E-state index contributed by atoms with van der Waals surface area (Å²) in [5.41, 5.74) is 0.835. The normalized spacial score (nSPS) is 16.4. The molecule has 0 spiro atoms. The van der Waals surface area contributed by atoms with Crippen LogP contribution in [0.3, 0.4) is 0 Å². The minimum absolute atomic E-state index is 0. The number of phenolic OH excluding ortho intramolecular Hbond substituents is 1. The van der Waals surface area contributed by atoms with E-state index in [1.165, 1.54) is 0 Å². The fourth-order valence-electron chi connectivity index (χ4n) is 2.31. The number of piperazine rings is 1. The predicted octanol–water partition coefficient (Wildman–Crippen LogP) is 2.86. The molecule has 1 fully saturated rings. The minimum Gasteiger partial charge on any atom is -0.508 e. The molecule has 1 aliphatic heterocycles. The molecule has 0 aliphatic carbocycles. The Labute approximate surface area is 140 Å². The number of phenols is 1. The van der Waals surface area contributed by atoms with Gasteiger partial charge in [-0.05, 0) is 12.1 Å². The molecule has 1 aromatic carbocycles. The van der Waals surface area contributed by atoms with Crippen molar-refractivity contribution in [3.8, 4) is 11.8 Å². The molecule has 2 rings (SSSR count). The summed E-state index contributed by atoms with van der Waals surface area (Å²) in [6.07, 6.45) is 0.398. The summed E-state index contributed by atoms with van der Waals surface area (Å²) in [5.74, 6) is 0.253. The van der Waals surface area contributed by atoms with Crippen LogP contribution in [-0.2, 0) is 0 Å². The highest BCUT2D eigenvalue weighted by molar-refractivity contribution is 9.10. The Kier molecular flexibility index (Phi) is 9.19. The lowest BCUT2D eigenvalue weighted by atomic mass is 10.0. The molecule has 0 radical (unpaired) electrons. The van der Waals surface area contributed by atoms with E-state index in [1.807, 2.05) is 12.1 Å². The Morgan fingerprint density at radius 3 is 2.55 bits per heavy atom. The second kappa shape index (κ2) is 9.43. The lowest BCUT2D eigenvalue weighted by molar-refractivity contribution is 0.173. The van der Waals surface area contributed by atoms with Gasteiger partial charge in [0.25, 0.3) is 0 Å². The van der Waals surface area contributed by atoms with Crippen molar-refractivity contribution in [2.24, 2.45) is 0 Å². The standard InChI is InChI=1S/C13H16BrN3O.2ClH/c14-10-1-2-11(13(18)9-10)12(3-4-15)17-7-5-16-6-8-17;;/h1-2,9,12,16,18H,3,5-8H2;2*1H/t12-;;/m1../s1. The van der Waals surface area contributed by atoms with E-state index in [2.05, 4.69) is 32.2 Å². The number of hydrogen-bond acceptors (Lipinski definition) is 4. The molecule has 4 nitrogen and oxygen atoms in total. The number of nitriles is 1. The second-order valence-electron chi connectivity index (χ2n) is 4.37. The maximum absolute atomic E-state index is 10.0. The highest BCUT2D eigenvalue weighted by Crippen LogP contribution is 2.33. The third-order valence-electron chi connectivity index (χ3n) is 3.23. The monoisotopic (exact) mass is 381 g/mol. The number of nitrogens with zero attached hydrogens (tertiary/aromatic N) is 2. The van der Waals surface area contributed by atoms with E-state index < -0.39 is 0 Å². The van der Waals surface area contributed by atoms with Crippen LogP contribution in [0.15, 0.2) is 22.7 Å². The van der Waals surface area contributed by atoms with Crippen LogP contribution in [0, 0.1) is 11.3 Å². The Bertz CT molecular complexity index is 461. The van der Waals surface area contributed by atoms with Crippen molar-refractivity contribution >= 4 is 40.7 Å². The number of rotatable bonds is 3. The average Bonchev–Trinajstić information content (AvgIpc) is 2.38. The van der Waals surface area contributed by atoms with E-state index in [-0.39, 0.29) is 36.6 Å². The summed E-state index contributed by atoms with van der Waals surface area (Å²) in [6.45, 7) is 3.67. The van der Waals surface area contributed by atoms with Crippen LogP contribution in [0.5, 0.6) is 5.75 Å². The lowest BCUT2D eigenvalue weighted by Crippen LogP contribution is -2.45. The first-order chi connectivity index (χ1) is 8.72. The van der Waals surface area contributed by atoms with Crippen molar-refractivity contribution in [1.29, 1.82) is 5.26 Å². The molecule has 1 saturated heterocycles. The molecular weight excluding hydrogens is 365 g/mol. The Hall–Kier alpha value is -0.510. The second-order valence-corrected chi connectivity index (χ2v) is 5.28. The van der Waals surface area contributed by atoms with Crippen LogP contribution < -0.4 is 5.32 Å². The zero-order chi connectivity index (χ0) is 13.0. The Morgan fingerprint density at radius 1 is 1.35 bits per heavy atom. The van der Waals surface area contributed by atoms with Gasteiger partial charge in [0.2, 0.25) is 0 Å². The average molecular weight is 383 g/mol. The van der Waals surface area contributed by atoms with Gasteiger partial charge in [-0.2, -0.15) is 5.26 Å². The number of nitrogens with one attached hydrogen (secondary N) is 1. The van der Waals surface area contributed by atoms with Crippen LogP contribution >= 0.6 is 40.7 Å². The molecular formula is C13H18BrCl2N3O. The molecule has 0 aromatic heterocycles. The van der Waals surface area contributed by atoms with E-state index in [0.29, 0.717) is 6.42 Å². The van der Waals surface area contributed by atoms with Gasteiger partial charge in [0.05, 0.1) is 18.5 Å². The van der Waals surface area contributed by atoms with Crippen LogP contribution in [0.25, 0.3) is 0 Å². The van der Waals surface area contributed by atoms with E-state index >= 15 is 0 Å². The SMILES string of the molecule is Cl.Cl.N#CC[C@H](c1ccc(Br)cc1O)N1CCNCC1. The molecule has 0 unspecified atom stereocenters. The third-order valence-corrected chi connectivity index (χ3v) is 3.72. The summed E-state index contributed by atoms with van der Waals surface area (Å²) in [5, 5.41) is 22.3. The molecule has 112 valence electrons. The third kappa shape index (κ3) is 4.80. The highest BCUT2D eigenvalue weighted by atomic mass is 79.9. The molecule has 2 N–H and O–H groups in total. The zero-order valence-electron chi connectivity index (χ0n) is 10.9. The molecule has 1 aliphatic rings. The molecule has 7 heteroatoms. The first-order valence-electron chi connectivity index (χ1n) is 6.02. The summed E-state index contributed by atoms with van der Waals surface area (Å²) in [4.78, 5) is 2.25. The predicted molar refractivity (Wildman–Crippen MR) is 87.7 cm³/mol. The summed E-state index contributed by atoms with van der Waals surface area (Å²) in [6, 6.07) is 7.68. The van der Waals surface area contributed by atoms with E-state index in [4.69, 9.17) is 5.26 Å². The number of halogens is 3. The fourth-order valence-corrected chi connectivity index (χ4v) is 2.66. The highest BCUT2D eigenvalue weighted by Gasteiger charge is 2.24. The van der Waals surface area contributed by atoms with Gasteiger partial charge in [-0.3, -0.25) is 4.90 Å². The summed E-state index contributed by atoms with van der Waals surface area (Å²) >= 11 is 3.33. The first kappa shape index (κ1) is 19.5. The summed E-state index contributed by atoms with van der Waals surface area (Å²) in [7, 11) is 0. The van der Waals surface area contributed by atoms with Crippen molar-refractivity contribution in [3.63, 3.8) is 0 Å².